The smallest absolute Gasteiger partial charge is 0.346 e. The molecule has 2 aromatic carbocycles. The lowest BCUT2D eigenvalue weighted by Gasteiger charge is -2.45. The molecule has 39 heavy (non-hydrogen) atoms. The van der Waals surface area contributed by atoms with Crippen LogP contribution in [0.2, 0.25) is 0 Å². The molecule has 2 heterocycles. The van der Waals surface area contributed by atoms with Crippen molar-refractivity contribution >= 4 is 69.7 Å². The summed E-state index contributed by atoms with van der Waals surface area (Å²) in [6, 6.07) is 14.6. The number of carbonyl (C=O) groups is 3. The minimum atomic E-state index is -0.956. The van der Waals surface area contributed by atoms with Gasteiger partial charge < -0.3 is 14.2 Å². The molecule has 2 aliphatic heterocycles. The standard InChI is InChI=1S/C29H29NO6S3/c1-6-34-19-16-12-15-18-20(28-38-22(26(32)35-7-2)23(39-28)27(33)36-8-3)24(37)29(4,5)30(21(18)19)25(31)17-13-10-9-11-14-17/h9-16H,6-8H2,1-5H3. The van der Waals surface area contributed by atoms with Gasteiger partial charge in [0.2, 0.25) is 0 Å². The summed E-state index contributed by atoms with van der Waals surface area (Å²) >= 11 is 8.34. The molecule has 0 aromatic heterocycles. The molecule has 2 aromatic rings. The second-order valence-electron chi connectivity index (χ2n) is 8.95. The first-order chi connectivity index (χ1) is 18.7. The summed E-state index contributed by atoms with van der Waals surface area (Å²) in [5.41, 5.74) is 1.49. The van der Waals surface area contributed by atoms with E-state index in [1.54, 1.807) is 30.9 Å². The number of nitrogens with zero attached hydrogens (tertiary/aromatic N) is 1. The molecular weight excluding hydrogens is 555 g/mol. The normalized spacial score (nSPS) is 16.2. The Morgan fingerprint density at radius 1 is 0.846 bits per heavy atom. The number of hydrogen-bond donors (Lipinski definition) is 0. The Morgan fingerprint density at radius 2 is 1.44 bits per heavy atom. The summed E-state index contributed by atoms with van der Waals surface area (Å²) < 4.78 is 17.1. The largest absolute Gasteiger partial charge is 0.492 e. The molecule has 0 spiro atoms. The fourth-order valence-corrected chi connectivity index (χ4v) is 7.35. The fourth-order valence-electron chi connectivity index (χ4n) is 4.37. The van der Waals surface area contributed by atoms with Gasteiger partial charge in [0.25, 0.3) is 5.91 Å². The van der Waals surface area contributed by atoms with Crippen molar-refractivity contribution in [3.05, 3.63) is 73.7 Å². The number of rotatable bonds is 7. The third-order valence-electron chi connectivity index (χ3n) is 6.08. The van der Waals surface area contributed by atoms with Crippen molar-refractivity contribution in [1.82, 2.24) is 0 Å². The third-order valence-corrected chi connectivity index (χ3v) is 9.34. The van der Waals surface area contributed by atoms with E-state index in [9.17, 15) is 14.4 Å². The molecule has 2 aliphatic rings. The maximum atomic E-state index is 14.0. The van der Waals surface area contributed by atoms with Crippen molar-refractivity contribution in [3.8, 4) is 5.75 Å². The Kier molecular flexibility index (Phi) is 8.88. The van der Waals surface area contributed by atoms with Crippen LogP contribution in [0.5, 0.6) is 5.75 Å². The van der Waals surface area contributed by atoms with E-state index in [0.29, 0.717) is 43.8 Å². The van der Waals surface area contributed by atoms with Crippen LogP contribution >= 0.6 is 35.7 Å². The number of esters is 2. The quantitative estimate of drug-likeness (QED) is 0.209. The van der Waals surface area contributed by atoms with Crippen LogP contribution in [0.15, 0.2) is 62.6 Å². The molecule has 0 N–H and O–H groups in total. The maximum Gasteiger partial charge on any atom is 0.346 e. The summed E-state index contributed by atoms with van der Waals surface area (Å²) in [5, 5.41) is 0. The van der Waals surface area contributed by atoms with E-state index in [2.05, 4.69) is 0 Å². The zero-order chi connectivity index (χ0) is 28.3. The van der Waals surface area contributed by atoms with E-state index in [0.717, 1.165) is 23.5 Å². The van der Waals surface area contributed by atoms with E-state index in [1.807, 2.05) is 57.2 Å². The van der Waals surface area contributed by atoms with Gasteiger partial charge in [0.05, 0.1) is 40.1 Å². The Hall–Kier alpha value is -3.08. The highest BCUT2D eigenvalue weighted by molar-refractivity contribution is 8.29. The van der Waals surface area contributed by atoms with Gasteiger partial charge in [-0.05, 0) is 52.8 Å². The SMILES string of the molecule is CCOC(=O)C1=C(C(=O)OCC)SC(=C2C(=S)C(C)(C)N(C(=O)c3ccccc3)c3c(OCC)cccc32)S1. The monoisotopic (exact) mass is 583 g/mol. The molecule has 204 valence electrons. The lowest BCUT2D eigenvalue weighted by Crippen LogP contribution is -2.56. The van der Waals surface area contributed by atoms with Crippen LogP contribution < -0.4 is 9.64 Å². The first kappa shape index (κ1) is 28.9. The zero-order valence-electron chi connectivity index (χ0n) is 22.4. The third kappa shape index (κ3) is 5.37. The van der Waals surface area contributed by atoms with Crippen LogP contribution in [0.25, 0.3) is 5.57 Å². The highest BCUT2D eigenvalue weighted by Gasteiger charge is 2.47. The lowest BCUT2D eigenvalue weighted by molar-refractivity contribution is -0.140. The second-order valence-corrected chi connectivity index (χ2v) is 11.7. The lowest BCUT2D eigenvalue weighted by atomic mass is 9.82. The van der Waals surface area contributed by atoms with Crippen LogP contribution in [-0.2, 0) is 19.1 Å². The second kappa shape index (κ2) is 12.0. The number of ether oxygens (including phenoxy) is 3. The Bertz CT molecular complexity index is 1360. The molecule has 4 rings (SSSR count). The van der Waals surface area contributed by atoms with Crippen molar-refractivity contribution in [2.24, 2.45) is 0 Å². The number of carbonyl (C=O) groups excluding carboxylic acids is 3. The van der Waals surface area contributed by atoms with Crippen LogP contribution in [0, 0.1) is 0 Å². The molecule has 1 amide bonds. The summed E-state index contributed by atoms with van der Waals surface area (Å²) in [7, 11) is 0. The van der Waals surface area contributed by atoms with E-state index < -0.39 is 17.5 Å². The Labute approximate surface area is 241 Å². The Morgan fingerprint density at radius 3 is 1.97 bits per heavy atom. The molecule has 7 nitrogen and oxygen atoms in total. The van der Waals surface area contributed by atoms with Gasteiger partial charge in [0.1, 0.15) is 15.6 Å². The molecular formula is C29H29NO6S3. The summed E-state index contributed by atoms with van der Waals surface area (Å²) in [6.45, 7) is 9.79. The minimum Gasteiger partial charge on any atom is -0.492 e. The number of amides is 1. The molecule has 0 atom stereocenters. The molecule has 0 aliphatic carbocycles. The summed E-state index contributed by atoms with van der Waals surface area (Å²) in [6.07, 6.45) is 0. The average Bonchev–Trinajstić information content (AvgIpc) is 3.36. The number of fused-ring (bicyclic) bond motifs is 1. The summed E-state index contributed by atoms with van der Waals surface area (Å²) in [5.74, 6) is -0.882. The van der Waals surface area contributed by atoms with E-state index in [-0.39, 0.29) is 28.9 Å². The highest BCUT2D eigenvalue weighted by atomic mass is 32.2. The van der Waals surface area contributed by atoms with Crippen LogP contribution in [0.1, 0.15) is 50.5 Å². The van der Waals surface area contributed by atoms with Crippen molar-refractivity contribution in [2.45, 2.75) is 40.2 Å². The van der Waals surface area contributed by atoms with E-state index >= 15 is 0 Å². The number of anilines is 1. The van der Waals surface area contributed by atoms with Gasteiger partial charge >= 0.3 is 11.9 Å². The molecule has 10 heteroatoms. The predicted octanol–water partition coefficient (Wildman–Crippen LogP) is 6.38. The zero-order valence-corrected chi connectivity index (χ0v) is 24.8. The number of hydrogen-bond acceptors (Lipinski definition) is 9. The van der Waals surface area contributed by atoms with Gasteiger partial charge in [-0.25, -0.2) is 9.59 Å². The topological polar surface area (TPSA) is 82.1 Å². The van der Waals surface area contributed by atoms with Crippen LogP contribution in [0.3, 0.4) is 0 Å². The number of thiocarbonyl (C=S) groups is 1. The van der Waals surface area contributed by atoms with Crippen molar-refractivity contribution < 1.29 is 28.6 Å². The first-order valence-electron chi connectivity index (χ1n) is 12.6. The average molecular weight is 584 g/mol. The molecule has 0 radical (unpaired) electrons. The fraction of sp³-hybridized carbons (Fsp3) is 0.310. The Balaban J connectivity index is 1.94. The van der Waals surface area contributed by atoms with Gasteiger partial charge in [-0.2, -0.15) is 0 Å². The van der Waals surface area contributed by atoms with Gasteiger partial charge in [-0.15, -0.1) is 0 Å². The number of benzene rings is 2. The van der Waals surface area contributed by atoms with Crippen molar-refractivity contribution in [2.75, 3.05) is 24.7 Å². The summed E-state index contributed by atoms with van der Waals surface area (Å²) in [4.78, 5) is 42.2. The predicted molar refractivity (Wildman–Crippen MR) is 160 cm³/mol. The van der Waals surface area contributed by atoms with Crippen LogP contribution in [0.4, 0.5) is 5.69 Å². The first-order valence-corrected chi connectivity index (χ1v) is 14.6. The van der Waals surface area contributed by atoms with Crippen molar-refractivity contribution in [1.29, 1.82) is 0 Å². The number of para-hydroxylation sites is 1. The van der Waals surface area contributed by atoms with Crippen molar-refractivity contribution in [3.63, 3.8) is 0 Å². The maximum absolute atomic E-state index is 14.0. The van der Waals surface area contributed by atoms with Gasteiger partial charge in [0, 0.05) is 16.7 Å². The van der Waals surface area contributed by atoms with Gasteiger partial charge in [0.15, 0.2) is 0 Å². The van der Waals surface area contributed by atoms with Gasteiger partial charge in [-0.3, -0.25) is 9.69 Å². The molecule has 0 saturated carbocycles. The molecule has 0 saturated heterocycles. The van der Waals surface area contributed by atoms with Crippen LogP contribution in [-0.4, -0.2) is 48.1 Å². The molecule has 0 bridgehead atoms. The van der Waals surface area contributed by atoms with E-state index in [4.69, 9.17) is 26.4 Å². The number of thioether (sulfide) groups is 2. The minimum absolute atomic E-state index is 0.161. The highest BCUT2D eigenvalue weighted by Crippen LogP contribution is 2.57. The molecule has 0 fully saturated rings. The van der Waals surface area contributed by atoms with Gasteiger partial charge in [-0.1, -0.05) is 66.1 Å². The van der Waals surface area contributed by atoms with E-state index in [1.165, 1.54) is 0 Å². The molecule has 0 unspecified atom stereocenters.